The Labute approximate surface area is 237 Å². The number of alkyl halides is 3. The number of anilines is 1. The molecule has 7 heteroatoms. The Morgan fingerprint density at radius 1 is 0.756 bits per heavy atom. The number of hydrogen-bond donors (Lipinski definition) is 2. The summed E-state index contributed by atoms with van der Waals surface area (Å²) in [7, 11) is 0. The predicted octanol–water partition coefficient (Wildman–Crippen LogP) is 8.81. The van der Waals surface area contributed by atoms with Crippen LogP contribution in [0.5, 0.6) is 0 Å². The van der Waals surface area contributed by atoms with E-state index in [4.69, 9.17) is 0 Å². The average Bonchev–Trinajstić information content (AvgIpc) is 2.99. The van der Waals surface area contributed by atoms with E-state index in [0.29, 0.717) is 22.4 Å². The number of aromatic nitrogens is 2. The Balaban J connectivity index is 1.68. The van der Waals surface area contributed by atoms with Crippen LogP contribution in [0.4, 0.5) is 19.0 Å². The van der Waals surface area contributed by atoms with Gasteiger partial charge in [-0.25, -0.2) is 9.97 Å². The number of para-hydroxylation sites is 1. The summed E-state index contributed by atoms with van der Waals surface area (Å²) >= 11 is 0. The molecule has 5 aromatic rings. The molecule has 206 valence electrons. The van der Waals surface area contributed by atoms with Crippen molar-refractivity contribution >= 4 is 28.0 Å². The fraction of sp³-hybridized carbons (Fsp3) is 0.118. The minimum atomic E-state index is -4.55. The van der Waals surface area contributed by atoms with Gasteiger partial charge < -0.3 is 10.6 Å². The van der Waals surface area contributed by atoms with Crippen LogP contribution >= 0.6 is 0 Å². The van der Waals surface area contributed by atoms with E-state index in [1.54, 1.807) is 18.2 Å². The summed E-state index contributed by atoms with van der Waals surface area (Å²) in [4.78, 5) is 9.14. The first-order chi connectivity index (χ1) is 19.9. The van der Waals surface area contributed by atoms with Gasteiger partial charge in [0, 0.05) is 28.8 Å². The average molecular weight is 551 g/mol. The van der Waals surface area contributed by atoms with Gasteiger partial charge in [-0.05, 0) is 35.7 Å². The fourth-order valence-corrected chi connectivity index (χ4v) is 4.69. The molecule has 0 aliphatic rings. The van der Waals surface area contributed by atoms with E-state index >= 15 is 0 Å². The maximum absolute atomic E-state index is 13.9. The summed E-state index contributed by atoms with van der Waals surface area (Å²) in [6.45, 7) is 7.23. The van der Waals surface area contributed by atoms with Gasteiger partial charge in [0.15, 0.2) is 5.82 Å². The molecular formula is C34H29F3N4. The standard InChI is InChI=1S/C34H29F3N4/c1-3-22-38-31(25-16-8-5-9-17-25)30(24-14-6-4-7-15-24)23(2)39-33-27-19-11-13-21-29(27)40-32(41-33)26-18-10-12-20-28(26)34(35,36)37/h4-21,38H,2-3,22H2,1H3,(H,39,40,41)/b31-30+. The maximum atomic E-state index is 13.9. The van der Waals surface area contributed by atoms with E-state index in [1.165, 1.54) is 12.1 Å². The number of fused-ring (bicyclic) bond motifs is 1. The number of nitrogens with zero attached hydrogens (tertiary/aromatic N) is 2. The Morgan fingerprint density at radius 3 is 2.05 bits per heavy atom. The molecule has 4 aromatic carbocycles. The van der Waals surface area contributed by atoms with E-state index in [1.807, 2.05) is 72.8 Å². The summed E-state index contributed by atoms with van der Waals surface area (Å²) in [6.07, 6.45) is -3.64. The molecule has 5 rings (SSSR count). The first-order valence-electron chi connectivity index (χ1n) is 13.4. The SMILES string of the molecule is C=C(Nc1nc(-c2ccccc2C(F)(F)F)nc2ccccc12)/C(=C(\NCCC)c1ccccc1)c1ccccc1. The molecule has 0 atom stereocenters. The molecule has 0 saturated heterocycles. The highest BCUT2D eigenvalue weighted by atomic mass is 19.4. The number of hydrogen-bond acceptors (Lipinski definition) is 4. The molecule has 2 N–H and O–H groups in total. The second-order valence-corrected chi connectivity index (χ2v) is 9.47. The second kappa shape index (κ2) is 12.1. The van der Waals surface area contributed by atoms with Crippen molar-refractivity contribution in [1.82, 2.24) is 15.3 Å². The van der Waals surface area contributed by atoms with Crippen molar-refractivity contribution in [1.29, 1.82) is 0 Å². The zero-order valence-electron chi connectivity index (χ0n) is 22.5. The zero-order valence-corrected chi connectivity index (χ0v) is 22.5. The lowest BCUT2D eigenvalue weighted by molar-refractivity contribution is -0.137. The van der Waals surface area contributed by atoms with Crippen LogP contribution in [0.25, 0.3) is 33.6 Å². The predicted molar refractivity (Wildman–Crippen MR) is 161 cm³/mol. The van der Waals surface area contributed by atoms with Gasteiger partial charge in [-0.15, -0.1) is 0 Å². The van der Waals surface area contributed by atoms with Crippen molar-refractivity contribution < 1.29 is 13.2 Å². The zero-order chi connectivity index (χ0) is 28.8. The third kappa shape index (κ3) is 6.14. The van der Waals surface area contributed by atoms with Gasteiger partial charge in [-0.3, -0.25) is 0 Å². The number of rotatable bonds is 9. The number of allylic oxidation sites excluding steroid dienone is 1. The summed E-state index contributed by atoms with van der Waals surface area (Å²) < 4.78 is 41.7. The van der Waals surface area contributed by atoms with Crippen molar-refractivity contribution in [2.45, 2.75) is 19.5 Å². The Morgan fingerprint density at radius 2 is 1.37 bits per heavy atom. The van der Waals surface area contributed by atoms with Crippen molar-refractivity contribution in [3.05, 3.63) is 138 Å². The molecule has 0 amide bonds. The lowest BCUT2D eigenvalue weighted by atomic mass is 9.96. The molecule has 0 saturated carbocycles. The molecule has 0 aliphatic heterocycles. The van der Waals surface area contributed by atoms with Crippen molar-refractivity contribution in [3.63, 3.8) is 0 Å². The monoisotopic (exact) mass is 550 g/mol. The molecule has 4 nitrogen and oxygen atoms in total. The summed E-state index contributed by atoms with van der Waals surface area (Å²) in [5, 5.41) is 7.59. The maximum Gasteiger partial charge on any atom is 0.417 e. The second-order valence-electron chi connectivity index (χ2n) is 9.47. The number of halogens is 3. The Hall–Kier alpha value is -4.91. The molecule has 41 heavy (non-hydrogen) atoms. The Kier molecular flexibility index (Phi) is 8.15. The minimum Gasteiger partial charge on any atom is -0.384 e. The van der Waals surface area contributed by atoms with Gasteiger partial charge in [-0.2, -0.15) is 13.2 Å². The van der Waals surface area contributed by atoms with Gasteiger partial charge in [0.2, 0.25) is 0 Å². The largest absolute Gasteiger partial charge is 0.417 e. The van der Waals surface area contributed by atoms with Crippen LogP contribution in [-0.2, 0) is 6.18 Å². The topological polar surface area (TPSA) is 49.8 Å². The minimum absolute atomic E-state index is 0.0236. The molecule has 1 heterocycles. The van der Waals surface area contributed by atoms with E-state index in [0.717, 1.165) is 41.4 Å². The molecular weight excluding hydrogens is 521 g/mol. The van der Waals surface area contributed by atoms with Crippen LogP contribution in [0.3, 0.4) is 0 Å². The quantitative estimate of drug-likeness (QED) is 0.142. The van der Waals surface area contributed by atoms with Crippen LogP contribution < -0.4 is 10.6 Å². The molecule has 0 radical (unpaired) electrons. The van der Waals surface area contributed by atoms with Gasteiger partial charge in [-0.1, -0.05) is 104 Å². The fourth-order valence-electron chi connectivity index (χ4n) is 4.69. The highest BCUT2D eigenvalue weighted by Gasteiger charge is 2.34. The van der Waals surface area contributed by atoms with Gasteiger partial charge in [0.25, 0.3) is 0 Å². The van der Waals surface area contributed by atoms with Gasteiger partial charge in [0.1, 0.15) is 5.82 Å². The van der Waals surface area contributed by atoms with Crippen molar-refractivity contribution in [3.8, 4) is 11.4 Å². The van der Waals surface area contributed by atoms with E-state index in [9.17, 15) is 13.2 Å². The van der Waals surface area contributed by atoms with E-state index in [-0.39, 0.29) is 11.4 Å². The van der Waals surface area contributed by atoms with Crippen LogP contribution in [-0.4, -0.2) is 16.5 Å². The highest BCUT2D eigenvalue weighted by molar-refractivity contribution is 6.00. The summed E-state index contributed by atoms with van der Waals surface area (Å²) in [6, 6.07) is 32.4. The van der Waals surface area contributed by atoms with Gasteiger partial charge >= 0.3 is 6.18 Å². The molecule has 0 spiro atoms. The third-order valence-corrected chi connectivity index (χ3v) is 6.57. The van der Waals surface area contributed by atoms with Crippen LogP contribution in [0, 0.1) is 0 Å². The summed E-state index contributed by atoms with van der Waals surface area (Å²) in [5.41, 5.74) is 3.79. The number of benzene rings is 4. The molecule has 0 unspecified atom stereocenters. The van der Waals surface area contributed by atoms with Crippen molar-refractivity contribution in [2.75, 3.05) is 11.9 Å². The number of nitrogens with one attached hydrogen (secondary N) is 2. The first-order valence-corrected chi connectivity index (χ1v) is 13.4. The van der Waals surface area contributed by atoms with Gasteiger partial charge in [0.05, 0.1) is 16.8 Å². The van der Waals surface area contributed by atoms with Crippen LogP contribution in [0.2, 0.25) is 0 Å². The summed E-state index contributed by atoms with van der Waals surface area (Å²) in [5.74, 6) is 0.341. The lowest BCUT2D eigenvalue weighted by Crippen LogP contribution is -2.17. The molecule has 0 fully saturated rings. The normalized spacial score (nSPS) is 12.1. The smallest absolute Gasteiger partial charge is 0.384 e. The lowest BCUT2D eigenvalue weighted by Gasteiger charge is -2.21. The molecule has 1 aromatic heterocycles. The van der Waals surface area contributed by atoms with Crippen molar-refractivity contribution in [2.24, 2.45) is 0 Å². The Bertz CT molecular complexity index is 1690. The van der Waals surface area contributed by atoms with Crippen LogP contribution in [0.15, 0.2) is 121 Å². The third-order valence-electron chi connectivity index (χ3n) is 6.57. The van der Waals surface area contributed by atoms with E-state index in [2.05, 4.69) is 34.1 Å². The van der Waals surface area contributed by atoms with E-state index < -0.39 is 11.7 Å². The first kappa shape index (κ1) is 27.6. The molecule has 0 aliphatic carbocycles. The van der Waals surface area contributed by atoms with Crippen LogP contribution in [0.1, 0.15) is 30.0 Å². The highest BCUT2D eigenvalue weighted by Crippen LogP contribution is 2.38. The molecule has 0 bridgehead atoms.